The topological polar surface area (TPSA) is 75.6 Å². The predicted octanol–water partition coefficient (Wildman–Crippen LogP) is 2.95. The number of carbonyl (C=O) groups is 2. The highest BCUT2D eigenvalue weighted by Crippen LogP contribution is 2.47. The van der Waals surface area contributed by atoms with E-state index < -0.39 is 5.97 Å². The average Bonchev–Trinajstić information content (AvgIpc) is 3.40. The number of benzene rings is 2. The molecule has 1 amide bonds. The SMILES string of the molecule is COc1cc(CNC(=O)[C@@H]2C[C@@H]2c2cccc(F)c2)ccc1C(=O)O. The molecule has 1 fully saturated rings. The van der Waals surface area contributed by atoms with Crippen LogP contribution >= 0.6 is 0 Å². The molecule has 0 heterocycles. The van der Waals surface area contributed by atoms with Gasteiger partial charge >= 0.3 is 5.97 Å². The number of nitrogens with one attached hydrogen (secondary N) is 1. The maximum Gasteiger partial charge on any atom is 0.339 e. The molecule has 2 aromatic carbocycles. The molecule has 0 aliphatic heterocycles. The van der Waals surface area contributed by atoms with Crippen LogP contribution in [0.4, 0.5) is 4.39 Å². The second-order valence-corrected chi connectivity index (χ2v) is 6.06. The molecule has 0 unspecified atom stereocenters. The lowest BCUT2D eigenvalue weighted by atomic mass is 10.1. The molecule has 1 saturated carbocycles. The molecule has 0 aromatic heterocycles. The first-order valence-electron chi connectivity index (χ1n) is 7.93. The molecular weight excluding hydrogens is 325 g/mol. The normalized spacial score (nSPS) is 18.5. The van der Waals surface area contributed by atoms with E-state index in [1.807, 2.05) is 6.07 Å². The number of hydrogen-bond donors (Lipinski definition) is 2. The van der Waals surface area contributed by atoms with Crippen LogP contribution in [0.25, 0.3) is 0 Å². The Morgan fingerprint density at radius 1 is 1.28 bits per heavy atom. The minimum Gasteiger partial charge on any atom is -0.496 e. The number of halogens is 1. The lowest BCUT2D eigenvalue weighted by Gasteiger charge is -2.09. The summed E-state index contributed by atoms with van der Waals surface area (Å²) in [6.45, 7) is 0.279. The molecule has 5 nitrogen and oxygen atoms in total. The summed E-state index contributed by atoms with van der Waals surface area (Å²) < 4.78 is 18.3. The zero-order valence-corrected chi connectivity index (χ0v) is 13.7. The van der Waals surface area contributed by atoms with Gasteiger partial charge in [-0.2, -0.15) is 0 Å². The van der Waals surface area contributed by atoms with Gasteiger partial charge in [0, 0.05) is 12.5 Å². The quantitative estimate of drug-likeness (QED) is 0.845. The standard InChI is InChI=1S/C19H18FNO4/c1-25-17-7-11(5-6-14(17)19(23)24)10-21-18(22)16-9-15(16)12-3-2-4-13(20)8-12/h2-8,15-16H,9-10H2,1H3,(H,21,22)(H,23,24)/t15-,16-/m1/s1. The molecule has 3 rings (SSSR count). The number of carboxylic acids is 1. The van der Waals surface area contributed by atoms with E-state index in [2.05, 4.69) is 5.32 Å². The van der Waals surface area contributed by atoms with Crippen molar-refractivity contribution >= 4 is 11.9 Å². The summed E-state index contributed by atoms with van der Waals surface area (Å²) in [6.07, 6.45) is 0.705. The van der Waals surface area contributed by atoms with E-state index in [4.69, 9.17) is 9.84 Å². The lowest BCUT2D eigenvalue weighted by Crippen LogP contribution is -2.25. The maximum atomic E-state index is 13.3. The Kier molecular flexibility index (Phi) is 4.70. The largest absolute Gasteiger partial charge is 0.496 e. The van der Waals surface area contributed by atoms with E-state index in [1.165, 1.54) is 25.3 Å². The molecule has 0 spiro atoms. The van der Waals surface area contributed by atoms with Crippen LogP contribution in [0.1, 0.15) is 33.8 Å². The van der Waals surface area contributed by atoms with E-state index >= 15 is 0 Å². The highest BCUT2D eigenvalue weighted by molar-refractivity contribution is 5.91. The van der Waals surface area contributed by atoms with Crippen molar-refractivity contribution in [2.45, 2.75) is 18.9 Å². The number of hydrogen-bond acceptors (Lipinski definition) is 3. The summed E-state index contributed by atoms with van der Waals surface area (Å²) in [5.74, 6) is -1.29. The van der Waals surface area contributed by atoms with Crippen LogP contribution < -0.4 is 10.1 Å². The van der Waals surface area contributed by atoms with Gasteiger partial charge in [0.25, 0.3) is 0 Å². The summed E-state index contributed by atoms with van der Waals surface area (Å²) in [4.78, 5) is 23.3. The van der Waals surface area contributed by atoms with E-state index in [0.717, 1.165) is 11.1 Å². The van der Waals surface area contributed by atoms with Crippen LogP contribution in [0.15, 0.2) is 42.5 Å². The Morgan fingerprint density at radius 2 is 2.08 bits per heavy atom. The van der Waals surface area contributed by atoms with Crippen LogP contribution in [0.5, 0.6) is 5.75 Å². The van der Waals surface area contributed by atoms with Gasteiger partial charge in [-0.3, -0.25) is 4.79 Å². The third-order valence-electron chi connectivity index (χ3n) is 4.37. The Balaban J connectivity index is 1.59. The molecule has 0 radical (unpaired) electrons. The van der Waals surface area contributed by atoms with Crippen molar-refractivity contribution in [2.75, 3.05) is 7.11 Å². The zero-order valence-electron chi connectivity index (χ0n) is 13.7. The van der Waals surface area contributed by atoms with Gasteiger partial charge in [0.05, 0.1) is 7.11 Å². The Morgan fingerprint density at radius 3 is 2.76 bits per heavy atom. The number of carboxylic acid groups (broad SMARTS) is 1. The molecule has 0 bridgehead atoms. The van der Waals surface area contributed by atoms with Gasteiger partial charge in [0.15, 0.2) is 0 Å². The van der Waals surface area contributed by atoms with E-state index in [1.54, 1.807) is 18.2 Å². The van der Waals surface area contributed by atoms with Gasteiger partial charge in [-0.15, -0.1) is 0 Å². The van der Waals surface area contributed by atoms with Crippen molar-refractivity contribution in [2.24, 2.45) is 5.92 Å². The fraction of sp³-hybridized carbons (Fsp3) is 0.263. The van der Waals surface area contributed by atoms with Crippen LogP contribution in [-0.2, 0) is 11.3 Å². The summed E-state index contributed by atoms with van der Waals surface area (Å²) >= 11 is 0. The summed E-state index contributed by atoms with van der Waals surface area (Å²) in [7, 11) is 1.40. The molecule has 0 saturated heterocycles. The molecule has 2 atom stereocenters. The third-order valence-corrected chi connectivity index (χ3v) is 4.37. The van der Waals surface area contributed by atoms with Gasteiger partial charge < -0.3 is 15.2 Å². The maximum absolute atomic E-state index is 13.3. The number of ether oxygens (including phenoxy) is 1. The van der Waals surface area contributed by atoms with E-state index in [-0.39, 0.29) is 41.4 Å². The van der Waals surface area contributed by atoms with Crippen molar-refractivity contribution < 1.29 is 23.8 Å². The van der Waals surface area contributed by atoms with Crippen molar-refractivity contribution in [3.05, 3.63) is 65.0 Å². The van der Waals surface area contributed by atoms with Gasteiger partial charge in [0.2, 0.25) is 5.91 Å². The van der Waals surface area contributed by atoms with Crippen molar-refractivity contribution in [3.63, 3.8) is 0 Å². The Bertz CT molecular complexity index is 821. The number of methoxy groups -OCH3 is 1. The first kappa shape index (κ1) is 17.0. The summed E-state index contributed by atoms with van der Waals surface area (Å²) in [6, 6.07) is 11.0. The molecule has 130 valence electrons. The van der Waals surface area contributed by atoms with Crippen LogP contribution in [-0.4, -0.2) is 24.1 Å². The van der Waals surface area contributed by atoms with E-state index in [0.29, 0.717) is 6.42 Å². The summed E-state index contributed by atoms with van der Waals surface area (Å²) in [5.41, 5.74) is 1.66. The summed E-state index contributed by atoms with van der Waals surface area (Å²) in [5, 5.41) is 11.9. The number of rotatable bonds is 6. The van der Waals surface area contributed by atoms with Crippen LogP contribution in [0, 0.1) is 11.7 Å². The Labute approximate surface area is 144 Å². The van der Waals surface area contributed by atoms with Crippen molar-refractivity contribution in [1.29, 1.82) is 0 Å². The van der Waals surface area contributed by atoms with E-state index in [9.17, 15) is 14.0 Å². The van der Waals surface area contributed by atoms with Gasteiger partial charge in [-0.25, -0.2) is 9.18 Å². The number of amides is 1. The molecule has 1 aliphatic carbocycles. The lowest BCUT2D eigenvalue weighted by molar-refractivity contribution is -0.122. The van der Waals surface area contributed by atoms with Gasteiger partial charge in [-0.05, 0) is 47.7 Å². The molecular formula is C19H18FNO4. The predicted molar refractivity (Wildman–Crippen MR) is 89.0 cm³/mol. The first-order chi connectivity index (χ1) is 12.0. The second kappa shape index (κ2) is 6.93. The average molecular weight is 343 g/mol. The highest BCUT2D eigenvalue weighted by atomic mass is 19.1. The van der Waals surface area contributed by atoms with Crippen LogP contribution in [0.3, 0.4) is 0 Å². The molecule has 25 heavy (non-hydrogen) atoms. The fourth-order valence-electron chi connectivity index (χ4n) is 2.93. The second-order valence-electron chi connectivity index (χ2n) is 6.06. The third kappa shape index (κ3) is 3.79. The molecule has 2 aromatic rings. The van der Waals surface area contributed by atoms with Crippen molar-refractivity contribution in [1.82, 2.24) is 5.32 Å². The minimum atomic E-state index is -1.07. The molecule has 2 N–H and O–H groups in total. The highest BCUT2D eigenvalue weighted by Gasteiger charge is 2.43. The number of carbonyl (C=O) groups excluding carboxylic acids is 1. The number of aromatic carboxylic acids is 1. The Hall–Kier alpha value is -2.89. The molecule has 6 heteroatoms. The minimum absolute atomic E-state index is 0.0552. The zero-order chi connectivity index (χ0) is 18.0. The smallest absolute Gasteiger partial charge is 0.339 e. The fourth-order valence-corrected chi connectivity index (χ4v) is 2.93. The van der Waals surface area contributed by atoms with Gasteiger partial charge in [0.1, 0.15) is 17.1 Å². The first-order valence-corrected chi connectivity index (χ1v) is 7.93. The van der Waals surface area contributed by atoms with Crippen molar-refractivity contribution in [3.8, 4) is 5.75 Å². The molecule has 1 aliphatic rings. The monoisotopic (exact) mass is 343 g/mol. The van der Waals surface area contributed by atoms with Gasteiger partial charge in [-0.1, -0.05) is 18.2 Å². The van der Waals surface area contributed by atoms with Crippen LogP contribution in [0.2, 0.25) is 0 Å².